The van der Waals surface area contributed by atoms with E-state index in [4.69, 9.17) is 5.26 Å². The van der Waals surface area contributed by atoms with E-state index in [0.717, 1.165) is 37.2 Å². The Balaban J connectivity index is 1.36. The molecular formula is C23H22N4O2S. The first kappa shape index (κ1) is 20.2. The number of hydrogen-bond donors (Lipinski definition) is 0. The van der Waals surface area contributed by atoms with E-state index < -0.39 is 9.84 Å². The minimum Gasteiger partial charge on any atom is -0.299 e. The SMILES string of the molecule is N#Cc1cccc(S(=O)(=O)C[C@@H]2CCN(Cc3ccc(-c4cncnc4)cc3)C2)c1. The van der Waals surface area contributed by atoms with Gasteiger partial charge in [0.15, 0.2) is 9.84 Å². The second kappa shape index (κ2) is 8.74. The molecule has 6 nitrogen and oxygen atoms in total. The molecule has 1 aromatic heterocycles. The average molecular weight is 419 g/mol. The van der Waals surface area contributed by atoms with Crippen molar-refractivity contribution >= 4 is 9.84 Å². The Kier molecular flexibility index (Phi) is 5.88. The molecule has 4 rings (SSSR count). The van der Waals surface area contributed by atoms with E-state index in [2.05, 4.69) is 39.1 Å². The van der Waals surface area contributed by atoms with Crippen molar-refractivity contribution in [3.63, 3.8) is 0 Å². The highest BCUT2D eigenvalue weighted by Gasteiger charge is 2.28. The lowest BCUT2D eigenvalue weighted by atomic mass is 10.1. The molecule has 0 radical (unpaired) electrons. The number of likely N-dealkylation sites (tertiary alicyclic amines) is 1. The summed E-state index contributed by atoms with van der Waals surface area (Å²) >= 11 is 0. The lowest BCUT2D eigenvalue weighted by molar-refractivity contribution is 0.320. The highest BCUT2D eigenvalue weighted by molar-refractivity contribution is 7.91. The fourth-order valence-corrected chi connectivity index (χ4v) is 5.54. The zero-order valence-corrected chi connectivity index (χ0v) is 17.3. The Morgan fingerprint density at radius 2 is 1.83 bits per heavy atom. The topological polar surface area (TPSA) is 87.0 Å². The van der Waals surface area contributed by atoms with E-state index >= 15 is 0 Å². The summed E-state index contributed by atoms with van der Waals surface area (Å²) in [7, 11) is -3.40. The maximum atomic E-state index is 12.8. The summed E-state index contributed by atoms with van der Waals surface area (Å²) in [5.41, 5.74) is 3.62. The average Bonchev–Trinajstić information content (AvgIpc) is 3.21. The van der Waals surface area contributed by atoms with Crippen LogP contribution in [0, 0.1) is 17.2 Å². The highest BCUT2D eigenvalue weighted by atomic mass is 32.2. The van der Waals surface area contributed by atoms with Gasteiger partial charge in [-0.15, -0.1) is 0 Å². The van der Waals surface area contributed by atoms with Gasteiger partial charge in [0.05, 0.1) is 22.3 Å². The summed E-state index contributed by atoms with van der Waals surface area (Å²) in [6.45, 7) is 2.43. The third kappa shape index (κ3) is 4.73. The van der Waals surface area contributed by atoms with E-state index in [0.29, 0.717) is 5.56 Å². The van der Waals surface area contributed by atoms with Crippen molar-refractivity contribution in [1.82, 2.24) is 14.9 Å². The van der Waals surface area contributed by atoms with Crippen LogP contribution < -0.4 is 0 Å². The van der Waals surface area contributed by atoms with Gasteiger partial charge in [-0.25, -0.2) is 18.4 Å². The van der Waals surface area contributed by atoms with Crippen molar-refractivity contribution in [2.24, 2.45) is 5.92 Å². The standard InChI is InChI=1S/C23H22N4O2S/c24-11-19-2-1-3-23(10-19)30(28,29)16-20-8-9-27(15-20)14-18-4-6-21(7-5-18)22-12-25-17-26-13-22/h1-7,10,12-13,17,20H,8-9,14-16H2/t20-/m1/s1. The van der Waals surface area contributed by atoms with Crippen LogP contribution >= 0.6 is 0 Å². The predicted molar refractivity (Wildman–Crippen MR) is 114 cm³/mol. The van der Waals surface area contributed by atoms with Crippen LogP contribution in [0.3, 0.4) is 0 Å². The zero-order valence-electron chi connectivity index (χ0n) is 16.5. The molecule has 0 bridgehead atoms. The van der Waals surface area contributed by atoms with Crippen LogP contribution in [0.4, 0.5) is 0 Å². The molecule has 152 valence electrons. The van der Waals surface area contributed by atoms with Gasteiger partial charge in [0.2, 0.25) is 0 Å². The van der Waals surface area contributed by atoms with Gasteiger partial charge in [-0.2, -0.15) is 5.26 Å². The Hall–Kier alpha value is -3.08. The molecule has 0 N–H and O–H groups in total. The van der Waals surface area contributed by atoms with Crippen LogP contribution in [0.15, 0.2) is 72.1 Å². The first-order valence-electron chi connectivity index (χ1n) is 9.83. The highest BCUT2D eigenvalue weighted by Crippen LogP contribution is 2.24. The number of nitriles is 1. The molecule has 0 spiro atoms. The summed E-state index contributed by atoms with van der Waals surface area (Å²) in [6.07, 6.45) is 5.96. The molecule has 0 saturated carbocycles. The van der Waals surface area contributed by atoms with Crippen molar-refractivity contribution in [2.45, 2.75) is 17.9 Å². The van der Waals surface area contributed by atoms with Crippen molar-refractivity contribution in [1.29, 1.82) is 5.26 Å². The maximum absolute atomic E-state index is 12.8. The van der Waals surface area contributed by atoms with Crippen LogP contribution in [0.25, 0.3) is 11.1 Å². The molecule has 1 aliphatic heterocycles. The quantitative estimate of drug-likeness (QED) is 0.610. The Morgan fingerprint density at radius 3 is 2.57 bits per heavy atom. The first-order valence-corrected chi connectivity index (χ1v) is 11.5. The molecule has 0 aliphatic carbocycles. The van der Waals surface area contributed by atoms with Gasteiger partial charge < -0.3 is 0 Å². The van der Waals surface area contributed by atoms with Crippen molar-refractivity contribution in [2.75, 3.05) is 18.8 Å². The van der Waals surface area contributed by atoms with Crippen molar-refractivity contribution in [3.05, 3.63) is 78.4 Å². The summed E-state index contributed by atoms with van der Waals surface area (Å²) < 4.78 is 25.5. The molecular weight excluding hydrogens is 396 g/mol. The Morgan fingerprint density at radius 1 is 1.07 bits per heavy atom. The third-order valence-electron chi connectivity index (χ3n) is 5.40. The number of hydrogen-bond acceptors (Lipinski definition) is 6. The molecule has 0 amide bonds. The minimum absolute atomic E-state index is 0.0986. The van der Waals surface area contributed by atoms with Gasteiger partial charge in [0.1, 0.15) is 6.33 Å². The van der Waals surface area contributed by atoms with Crippen molar-refractivity contribution < 1.29 is 8.42 Å². The van der Waals surface area contributed by atoms with E-state index in [1.807, 2.05) is 6.07 Å². The molecule has 3 aromatic rings. The van der Waals surface area contributed by atoms with Gasteiger partial charge in [-0.05, 0) is 48.2 Å². The number of aromatic nitrogens is 2. The molecule has 30 heavy (non-hydrogen) atoms. The zero-order chi connectivity index (χ0) is 21.0. The molecule has 2 heterocycles. The van der Waals surface area contributed by atoms with Crippen LogP contribution in [-0.4, -0.2) is 42.1 Å². The van der Waals surface area contributed by atoms with E-state index in [9.17, 15) is 8.42 Å². The van der Waals surface area contributed by atoms with Gasteiger partial charge in [0, 0.05) is 31.0 Å². The third-order valence-corrected chi connectivity index (χ3v) is 7.28. The summed E-state index contributed by atoms with van der Waals surface area (Å²) in [6, 6.07) is 16.6. The Labute approximate surface area is 176 Å². The van der Waals surface area contributed by atoms with Crippen LogP contribution in [-0.2, 0) is 16.4 Å². The van der Waals surface area contributed by atoms with E-state index in [1.54, 1.807) is 30.6 Å². The summed E-state index contributed by atoms with van der Waals surface area (Å²) in [5.74, 6) is 0.215. The summed E-state index contributed by atoms with van der Waals surface area (Å²) in [4.78, 5) is 10.6. The molecule has 0 unspecified atom stereocenters. The second-order valence-corrected chi connectivity index (χ2v) is 9.67. The molecule has 7 heteroatoms. The molecule has 1 fully saturated rings. The summed E-state index contributed by atoms with van der Waals surface area (Å²) in [5, 5.41) is 9.01. The minimum atomic E-state index is -3.40. The second-order valence-electron chi connectivity index (χ2n) is 7.63. The van der Waals surface area contributed by atoms with Crippen molar-refractivity contribution in [3.8, 4) is 17.2 Å². The fourth-order valence-electron chi connectivity index (χ4n) is 3.87. The molecule has 1 aliphatic rings. The predicted octanol–water partition coefficient (Wildman–Crippen LogP) is 3.31. The lowest BCUT2D eigenvalue weighted by Gasteiger charge is -2.16. The van der Waals surface area contributed by atoms with Crippen LogP contribution in [0.1, 0.15) is 17.5 Å². The normalized spacial score (nSPS) is 17.0. The number of sulfone groups is 1. The molecule has 2 aromatic carbocycles. The number of rotatable bonds is 6. The molecule has 1 atom stereocenters. The fraction of sp³-hybridized carbons (Fsp3) is 0.261. The van der Waals surface area contributed by atoms with Gasteiger partial charge in [0.25, 0.3) is 0 Å². The van der Waals surface area contributed by atoms with Gasteiger partial charge in [-0.1, -0.05) is 30.3 Å². The van der Waals surface area contributed by atoms with Crippen LogP contribution in [0.5, 0.6) is 0 Å². The van der Waals surface area contributed by atoms with Gasteiger partial charge >= 0.3 is 0 Å². The molecule has 1 saturated heterocycles. The van der Waals surface area contributed by atoms with Crippen LogP contribution in [0.2, 0.25) is 0 Å². The van der Waals surface area contributed by atoms with Gasteiger partial charge in [-0.3, -0.25) is 4.90 Å². The largest absolute Gasteiger partial charge is 0.299 e. The lowest BCUT2D eigenvalue weighted by Crippen LogP contribution is -2.23. The number of benzene rings is 2. The monoisotopic (exact) mass is 418 g/mol. The smallest absolute Gasteiger partial charge is 0.178 e. The first-order chi connectivity index (χ1) is 14.5. The Bertz CT molecular complexity index is 1160. The van der Waals surface area contributed by atoms with E-state index in [-0.39, 0.29) is 16.6 Å². The van der Waals surface area contributed by atoms with E-state index in [1.165, 1.54) is 18.0 Å². The maximum Gasteiger partial charge on any atom is 0.178 e. The number of nitrogens with zero attached hydrogens (tertiary/aromatic N) is 4.